The fourth-order valence-electron chi connectivity index (χ4n) is 2.58. The molecule has 1 aliphatic carbocycles. The van der Waals surface area contributed by atoms with Crippen LogP contribution >= 0.6 is 0 Å². The molecule has 3 nitrogen and oxygen atoms in total. The zero-order valence-corrected chi connectivity index (χ0v) is 10.9. The third kappa shape index (κ3) is 2.92. The number of nitrogens with one attached hydrogen (secondary N) is 2. The summed E-state index contributed by atoms with van der Waals surface area (Å²) in [5.74, 6) is 1.21. The Balaban J connectivity index is 1.84. The first kappa shape index (κ1) is 12.7. The SMILES string of the molecule is CC/C=C(\NC)N1CCC(NC2(CF)CC2)C1. The van der Waals surface area contributed by atoms with E-state index >= 15 is 0 Å². The van der Waals surface area contributed by atoms with Crippen molar-refractivity contribution >= 4 is 0 Å². The van der Waals surface area contributed by atoms with Crippen molar-refractivity contribution in [2.75, 3.05) is 26.8 Å². The summed E-state index contributed by atoms with van der Waals surface area (Å²) in [4.78, 5) is 2.36. The largest absolute Gasteiger partial charge is 0.375 e. The topological polar surface area (TPSA) is 27.3 Å². The molecule has 1 aliphatic heterocycles. The van der Waals surface area contributed by atoms with E-state index in [1.807, 2.05) is 7.05 Å². The molecule has 0 aromatic rings. The molecule has 1 heterocycles. The molecule has 1 unspecified atom stereocenters. The molecule has 0 amide bonds. The van der Waals surface area contributed by atoms with E-state index in [0.717, 1.165) is 38.8 Å². The maximum absolute atomic E-state index is 12.8. The Morgan fingerprint density at radius 3 is 2.82 bits per heavy atom. The third-order valence-electron chi connectivity index (χ3n) is 3.80. The van der Waals surface area contributed by atoms with Gasteiger partial charge in [-0.05, 0) is 31.8 Å². The van der Waals surface area contributed by atoms with Crippen molar-refractivity contribution in [3.63, 3.8) is 0 Å². The van der Waals surface area contributed by atoms with Crippen molar-refractivity contribution in [2.24, 2.45) is 0 Å². The van der Waals surface area contributed by atoms with Gasteiger partial charge in [-0.1, -0.05) is 6.92 Å². The minimum Gasteiger partial charge on any atom is -0.375 e. The zero-order chi connectivity index (χ0) is 12.3. The lowest BCUT2D eigenvalue weighted by atomic mass is 10.2. The third-order valence-corrected chi connectivity index (χ3v) is 3.80. The fourth-order valence-corrected chi connectivity index (χ4v) is 2.58. The number of likely N-dealkylation sites (tertiary alicyclic amines) is 1. The van der Waals surface area contributed by atoms with Crippen LogP contribution in [0.3, 0.4) is 0 Å². The lowest BCUT2D eigenvalue weighted by Crippen LogP contribution is -2.43. The normalized spacial score (nSPS) is 27.4. The number of alkyl halides is 1. The number of nitrogens with zero attached hydrogens (tertiary/aromatic N) is 1. The van der Waals surface area contributed by atoms with Crippen LogP contribution in [0.4, 0.5) is 4.39 Å². The zero-order valence-electron chi connectivity index (χ0n) is 10.9. The smallest absolute Gasteiger partial charge is 0.108 e. The lowest BCUT2D eigenvalue weighted by molar-refractivity contribution is 0.316. The van der Waals surface area contributed by atoms with Gasteiger partial charge >= 0.3 is 0 Å². The van der Waals surface area contributed by atoms with Crippen molar-refractivity contribution in [2.45, 2.75) is 44.2 Å². The maximum atomic E-state index is 12.8. The summed E-state index contributed by atoms with van der Waals surface area (Å²) in [6.07, 6.45) is 6.38. The van der Waals surface area contributed by atoms with Crippen LogP contribution in [-0.4, -0.2) is 43.3 Å². The monoisotopic (exact) mass is 241 g/mol. The number of allylic oxidation sites excluding steroid dienone is 1. The lowest BCUT2D eigenvalue weighted by Gasteiger charge is -2.23. The summed E-state index contributed by atoms with van der Waals surface area (Å²) in [5.41, 5.74) is -0.158. The quantitative estimate of drug-likeness (QED) is 0.740. The van der Waals surface area contributed by atoms with E-state index in [0.29, 0.717) is 6.04 Å². The van der Waals surface area contributed by atoms with Crippen LogP contribution in [0.2, 0.25) is 0 Å². The van der Waals surface area contributed by atoms with E-state index in [-0.39, 0.29) is 12.2 Å². The van der Waals surface area contributed by atoms with E-state index in [9.17, 15) is 4.39 Å². The molecule has 2 N–H and O–H groups in total. The van der Waals surface area contributed by atoms with Crippen LogP contribution in [0.1, 0.15) is 32.6 Å². The molecule has 1 saturated carbocycles. The van der Waals surface area contributed by atoms with Gasteiger partial charge in [-0.25, -0.2) is 4.39 Å². The molecular weight excluding hydrogens is 217 g/mol. The summed E-state index contributed by atoms with van der Waals surface area (Å²) in [6, 6.07) is 0.446. The van der Waals surface area contributed by atoms with Gasteiger partial charge in [-0.15, -0.1) is 0 Å². The van der Waals surface area contributed by atoms with Gasteiger partial charge in [0.15, 0.2) is 0 Å². The first-order chi connectivity index (χ1) is 8.23. The molecule has 2 aliphatic rings. The van der Waals surface area contributed by atoms with Gasteiger partial charge in [0.25, 0.3) is 0 Å². The molecule has 0 spiro atoms. The Morgan fingerprint density at radius 1 is 1.53 bits per heavy atom. The fraction of sp³-hybridized carbons (Fsp3) is 0.846. The number of halogens is 1. The standard InChI is InChI=1S/C13H24FN3/c1-3-4-12(15-2)17-8-5-11(9-17)16-13(10-14)6-7-13/h4,11,15-16H,3,5-10H2,1-2H3/b12-4+. The Kier molecular flexibility index (Phi) is 3.92. The minimum atomic E-state index is -0.215. The van der Waals surface area contributed by atoms with Gasteiger partial charge < -0.3 is 15.5 Å². The average Bonchev–Trinajstić information content (AvgIpc) is 2.97. The van der Waals surface area contributed by atoms with Crippen molar-refractivity contribution < 1.29 is 4.39 Å². The molecule has 0 aromatic carbocycles. The van der Waals surface area contributed by atoms with Crippen molar-refractivity contribution in [3.05, 3.63) is 11.9 Å². The van der Waals surface area contributed by atoms with Gasteiger partial charge in [0.05, 0.1) is 5.82 Å². The van der Waals surface area contributed by atoms with Crippen molar-refractivity contribution in [1.29, 1.82) is 0 Å². The second kappa shape index (κ2) is 5.25. The summed E-state index contributed by atoms with van der Waals surface area (Å²) in [7, 11) is 1.96. The molecule has 0 radical (unpaired) electrons. The van der Waals surface area contributed by atoms with Crippen LogP contribution in [0.25, 0.3) is 0 Å². The van der Waals surface area contributed by atoms with Crippen LogP contribution in [0.5, 0.6) is 0 Å². The molecule has 4 heteroatoms. The highest BCUT2D eigenvalue weighted by Crippen LogP contribution is 2.37. The van der Waals surface area contributed by atoms with Gasteiger partial charge in [-0.2, -0.15) is 0 Å². The first-order valence-electron chi connectivity index (χ1n) is 6.69. The maximum Gasteiger partial charge on any atom is 0.108 e. The van der Waals surface area contributed by atoms with E-state index in [1.165, 1.54) is 5.82 Å². The summed E-state index contributed by atoms with van der Waals surface area (Å²) < 4.78 is 12.8. The molecule has 1 saturated heterocycles. The van der Waals surface area contributed by atoms with E-state index < -0.39 is 0 Å². The molecule has 2 rings (SSSR count). The first-order valence-corrected chi connectivity index (χ1v) is 6.69. The minimum absolute atomic E-state index is 0.158. The highest BCUT2D eigenvalue weighted by atomic mass is 19.1. The number of rotatable bonds is 6. The molecular formula is C13H24FN3. The number of hydrogen-bond acceptors (Lipinski definition) is 3. The van der Waals surface area contributed by atoms with Crippen LogP contribution in [0, 0.1) is 0 Å². The predicted octanol–water partition coefficient (Wildman–Crippen LogP) is 1.62. The summed E-state index contributed by atoms with van der Waals surface area (Å²) >= 11 is 0. The van der Waals surface area contributed by atoms with Crippen molar-refractivity contribution in [1.82, 2.24) is 15.5 Å². The molecule has 1 atom stereocenters. The second-order valence-corrected chi connectivity index (χ2v) is 5.24. The highest BCUT2D eigenvalue weighted by molar-refractivity contribution is 5.07. The molecule has 98 valence electrons. The molecule has 0 aromatic heterocycles. The van der Waals surface area contributed by atoms with E-state index in [1.54, 1.807) is 0 Å². The van der Waals surface area contributed by atoms with Gasteiger partial charge in [-0.3, -0.25) is 0 Å². The van der Waals surface area contributed by atoms with E-state index in [2.05, 4.69) is 28.5 Å². The average molecular weight is 241 g/mol. The number of hydrogen-bond donors (Lipinski definition) is 2. The Hall–Kier alpha value is -0.770. The Bertz CT molecular complexity index is 286. The highest BCUT2D eigenvalue weighted by Gasteiger charge is 2.45. The van der Waals surface area contributed by atoms with Crippen LogP contribution < -0.4 is 10.6 Å². The molecule has 0 bridgehead atoms. The van der Waals surface area contributed by atoms with Gasteiger partial charge in [0, 0.05) is 31.7 Å². The van der Waals surface area contributed by atoms with Crippen LogP contribution in [-0.2, 0) is 0 Å². The Labute approximate surface area is 103 Å². The second-order valence-electron chi connectivity index (χ2n) is 5.24. The summed E-state index contributed by atoms with van der Waals surface area (Å²) in [6.45, 7) is 3.99. The van der Waals surface area contributed by atoms with Gasteiger partial charge in [0.2, 0.25) is 0 Å². The predicted molar refractivity (Wildman–Crippen MR) is 68.5 cm³/mol. The van der Waals surface area contributed by atoms with Crippen molar-refractivity contribution in [3.8, 4) is 0 Å². The molecule has 2 fully saturated rings. The summed E-state index contributed by atoms with van der Waals surface area (Å²) in [5, 5.41) is 6.74. The Morgan fingerprint density at radius 2 is 2.29 bits per heavy atom. The van der Waals surface area contributed by atoms with Gasteiger partial charge in [0.1, 0.15) is 6.67 Å². The van der Waals surface area contributed by atoms with Crippen LogP contribution in [0.15, 0.2) is 11.9 Å². The molecule has 17 heavy (non-hydrogen) atoms. The van der Waals surface area contributed by atoms with E-state index in [4.69, 9.17) is 0 Å².